The van der Waals surface area contributed by atoms with E-state index < -0.39 is 34.4 Å². The molecule has 32 heavy (non-hydrogen) atoms. The lowest BCUT2D eigenvalue weighted by Crippen LogP contribution is -2.25. The standard InChI is InChI=1S/C21H15B3O7S/c22-11-17-16(9-12(23)10-18(17)24)21(26)31-19-6-5-15(13-3-1-2-4-14(13)19)20(25)30-7-8-32(27,28)29/h1-6,9-10H,7-8,11H2,(H,27,28,29). The molecule has 3 rings (SSSR count). The summed E-state index contributed by atoms with van der Waals surface area (Å²) in [5.74, 6) is -2.07. The van der Waals surface area contributed by atoms with Crippen molar-refractivity contribution in [2.45, 2.75) is 6.32 Å². The van der Waals surface area contributed by atoms with Gasteiger partial charge in [-0.1, -0.05) is 53.6 Å². The summed E-state index contributed by atoms with van der Waals surface area (Å²) in [5.41, 5.74) is 1.20. The monoisotopic (exact) mass is 444 g/mol. The van der Waals surface area contributed by atoms with E-state index in [1.54, 1.807) is 24.3 Å². The lowest BCUT2D eigenvalue weighted by molar-refractivity contribution is 0.0530. The van der Waals surface area contributed by atoms with Gasteiger partial charge in [-0.05, 0) is 23.1 Å². The molecule has 1 N–H and O–H groups in total. The second-order valence-corrected chi connectivity index (χ2v) is 8.38. The average Bonchev–Trinajstić information content (AvgIpc) is 2.72. The summed E-state index contributed by atoms with van der Waals surface area (Å²) in [7, 11) is 13.1. The van der Waals surface area contributed by atoms with Gasteiger partial charge < -0.3 is 9.47 Å². The third-order valence-electron chi connectivity index (χ3n) is 4.61. The van der Waals surface area contributed by atoms with Gasteiger partial charge in [0.1, 0.15) is 33.8 Å². The summed E-state index contributed by atoms with van der Waals surface area (Å²) in [5, 5.41) is 0.858. The zero-order valence-corrected chi connectivity index (χ0v) is 17.6. The topological polar surface area (TPSA) is 107 Å². The summed E-state index contributed by atoms with van der Waals surface area (Å²) >= 11 is 0. The highest BCUT2D eigenvalue weighted by atomic mass is 32.2. The van der Waals surface area contributed by atoms with Crippen LogP contribution < -0.4 is 15.7 Å². The predicted molar refractivity (Wildman–Crippen MR) is 122 cm³/mol. The van der Waals surface area contributed by atoms with Gasteiger partial charge in [0.05, 0.1) is 19.0 Å². The fraction of sp³-hybridized carbons (Fsp3) is 0.143. The van der Waals surface area contributed by atoms with Crippen molar-refractivity contribution in [1.82, 2.24) is 0 Å². The molecular weight excluding hydrogens is 429 g/mol. The van der Waals surface area contributed by atoms with Crippen molar-refractivity contribution in [3.63, 3.8) is 0 Å². The molecule has 0 saturated carbocycles. The van der Waals surface area contributed by atoms with Crippen molar-refractivity contribution >= 4 is 67.3 Å². The molecule has 3 aromatic rings. The zero-order valence-electron chi connectivity index (χ0n) is 16.8. The number of carbonyl (C=O) groups is 2. The number of rotatable bonds is 7. The fourth-order valence-electron chi connectivity index (χ4n) is 3.14. The molecule has 0 saturated heterocycles. The van der Waals surface area contributed by atoms with Crippen LogP contribution in [0.1, 0.15) is 26.3 Å². The van der Waals surface area contributed by atoms with Crippen molar-refractivity contribution < 1.29 is 32.0 Å². The van der Waals surface area contributed by atoms with Crippen LogP contribution in [-0.2, 0) is 21.2 Å². The summed E-state index contributed by atoms with van der Waals surface area (Å²) in [4.78, 5) is 25.2. The second kappa shape index (κ2) is 9.62. The average molecular weight is 444 g/mol. The smallest absolute Gasteiger partial charge is 0.343 e. The quantitative estimate of drug-likeness (QED) is 0.243. The van der Waals surface area contributed by atoms with Crippen LogP contribution in [0, 0.1) is 0 Å². The van der Waals surface area contributed by atoms with Gasteiger partial charge in [-0.3, -0.25) is 4.55 Å². The van der Waals surface area contributed by atoms with Gasteiger partial charge >= 0.3 is 11.9 Å². The number of esters is 2. The van der Waals surface area contributed by atoms with E-state index in [1.165, 1.54) is 24.3 Å². The molecule has 0 heterocycles. The summed E-state index contributed by atoms with van der Waals surface area (Å²) in [6.07, 6.45) is 0.00559. The third-order valence-corrected chi connectivity index (χ3v) is 5.29. The van der Waals surface area contributed by atoms with E-state index in [1.807, 2.05) is 0 Å². The summed E-state index contributed by atoms with van der Waals surface area (Å²) in [6.45, 7) is -0.512. The van der Waals surface area contributed by atoms with E-state index in [0.29, 0.717) is 16.3 Å². The Morgan fingerprint density at radius 3 is 2.28 bits per heavy atom. The number of hydrogen-bond acceptors (Lipinski definition) is 6. The number of hydrogen-bond donors (Lipinski definition) is 1. The van der Waals surface area contributed by atoms with E-state index in [-0.39, 0.29) is 34.1 Å². The number of carbonyl (C=O) groups excluding carboxylic acids is 2. The van der Waals surface area contributed by atoms with Crippen molar-refractivity contribution in [3.05, 3.63) is 65.2 Å². The van der Waals surface area contributed by atoms with Crippen LogP contribution >= 0.6 is 0 Å². The Hall–Kier alpha value is -3.04. The maximum Gasteiger partial charge on any atom is 0.343 e. The molecule has 0 aliphatic heterocycles. The molecule has 0 bridgehead atoms. The number of benzene rings is 3. The van der Waals surface area contributed by atoms with Crippen LogP contribution in [0.15, 0.2) is 48.5 Å². The van der Waals surface area contributed by atoms with Crippen molar-refractivity contribution in [1.29, 1.82) is 0 Å². The summed E-state index contributed by atoms with van der Waals surface area (Å²) < 4.78 is 40.9. The van der Waals surface area contributed by atoms with Crippen LogP contribution in [0.2, 0.25) is 0 Å². The molecule has 0 amide bonds. The first kappa shape index (κ1) is 23.6. The lowest BCUT2D eigenvalue weighted by atomic mass is 9.77. The first-order chi connectivity index (χ1) is 15.1. The third kappa shape index (κ3) is 5.41. The van der Waals surface area contributed by atoms with E-state index in [9.17, 15) is 18.0 Å². The largest absolute Gasteiger partial charge is 0.461 e. The minimum absolute atomic E-state index is 0.00559. The molecule has 7 nitrogen and oxygen atoms in total. The molecule has 0 spiro atoms. The normalized spacial score (nSPS) is 11.3. The molecule has 0 fully saturated rings. The minimum atomic E-state index is -4.26. The SMILES string of the molecule is [B]Cc1c([B])cc([B])cc1C(=O)Oc1ccc(C(=O)OCCS(=O)(=O)O)c2ccccc12. The van der Waals surface area contributed by atoms with Gasteiger partial charge in [0.15, 0.2) is 0 Å². The molecule has 156 valence electrons. The Labute approximate surface area is 189 Å². The molecule has 6 radical (unpaired) electrons. The van der Waals surface area contributed by atoms with Crippen molar-refractivity contribution in [3.8, 4) is 5.75 Å². The molecule has 0 unspecified atom stereocenters. The van der Waals surface area contributed by atoms with Gasteiger partial charge in [0.25, 0.3) is 10.1 Å². The first-order valence-corrected chi connectivity index (χ1v) is 11.0. The van der Waals surface area contributed by atoms with E-state index in [4.69, 9.17) is 37.6 Å². The van der Waals surface area contributed by atoms with Crippen LogP contribution in [0.3, 0.4) is 0 Å². The van der Waals surface area contributed by atoms with Crippen LogP contribution in [-0.4, -0.2) is 60.8 Å². The van der Waals surface area contributed by atoms with E-state index in [0.717, 1.165) is 0 Å². The maximum atomic E-state index is 12.8. The van der Waals surface area contributed by atoms with Gasteiger partial charge in [-0.15, -0.1) is 0 Å². The molecule has 11 heteroatoms. The number of fused-ring (bicyclic) bond motifs is 1. The van der Waals surface area contributed by atoms with Crippen LogP contribution in [0.5, 0.6) is 5.75 Å². The maximum absolute atomic E-state index is 12.8. The highest BCUT2D eigenvalue weighted by molar-refractivity contribution is 7.85. The fourth-order valence-corrected chi connectivity index (χ4v) is 3.43. The Bertz CT molecular complexity index is 1310. The Balaban J connectivity index is 1.93. The van der Waals surface area contributed by atoms with Crippen molar-refractivity contribution in [2.75, 3.05) is 12.4 Å². The van der Waals surface area contributed by atoms with Gasteiger partial charge in [-0.25, -0.2) is 9.59 Å². The highest BCUT2D eigenvalue weighted by Crippen LogP contribution is 2.30. The lowest BCUT2D eigenvalue weighted by Gasteiger charge is -2.15. The Morgan fingerprint density at radius 1 is 0.938 bits per heavy atom. The van der Waals surface area contributed by atoms with Crippen LogP contribution in [0.4, 0.5) is 0 Å². The Morgan fingerprint density at radius 2 is 1.62 bits per heavy atom. The summed E-state index contributed by atoms with van der Waals surface area (Å²) in [6, 6.07) is 12.3. The van der Waals surface area contributed by atoms with Gasteiger partial charge in [0.2, 0.25) is 0 Å². The molecular formula is C21H15B3O7S. The predicted octanol–water partition coefficient (Wildman–Crippen LogP) is 0.360. The second-order valence-electron chi connectivity index (χ2n) is 6.81. The molecule has 3 aromatic carbocycles. The van der Waals surface area contributed by atoms with Crippen LogP contribution in [0.25, 0.3) is 10.8 Å². The van der Waals surface area contributed by atoms with Gasteiger partial charge in [0, 0.05) is 5.39 Å². The zero-order chi connectivity index (χ0) is 23.5. The molecule has 0 aliphatic rings. The molecule has 0 aromatic heterocycles. The number of ether oxygens (including phenoxy) is 2. The minimum Gasteiger partial charge on any atom is -0.461 e. The Kier molecular flexibility index (Phi) is 7.10. The van der Waals surface area contributed by atoms with Crippen molar-refractivity contribution in [2.24, 2.45) is 0 Å². The van der Waals surface area contributed by atoms with Gasteiger partial charge in [-0.2, -0.15) is 8.42 Å². The van der Waals surface area contributed by atoms with E-state index >= 15 is 0 Å². The first-order valence-electron chi connectivity index (χ1n) is 9.35. The molecule has 0 aliphatic carbocycles. The van der Waals surface area contributed by atoms with E-state index in [2.05, 4.69) is 0 Å². The highest BCUT2D eigenvalue weighted by Gasteiger charge is 2.19. The molecule has 0 atom stereocenters.